The highest BCUT2D eigenvalue weighted by Gasteiger charge is 2.60. The van der Waals surface area contributed by atoms with Gasteiger partial charge in [0.2, 0.25) is 17.7 Å². The molecule has 4 saturated heterocycles. The largest absolute Gasteiger partial charge is 0.377 e. The van der Waals surface area contributed by atoms with E-state index in [1.165, 1.54) is 4.90 Å². The van der Waals surface area contributed by atoms with Gasteiger partial charge in [0.1, 0.15) is 0 Å². The molecule has 5 amide bonds. The molecule has 0 aromatic rings. The van der Waals surface area contributed by atoms with Crippen LogP contribution < -0.4 is 16.0 Å². The third kappa shape index (κ3) is 5.41. The van der Waals surface area contributed by atoms with Crippen molar-refractivity contribution in [3.8, 4) is 0 Å². The lowest BCUT2D eigenvalue weighted by Crippen LogP contribution is -2.37. The van der Waals surface area contributed by atoms with Crippen LogP contribution in [0.3, 0.4) is 0 Å². The molecule has 0 spiro atoms. The summed E-state index contributed by atoms with van der Waals surface area (Å²) in [6.07, 6.45) is 6.47. The van der Waals surface area contributed by atoms with Crippen LogP contribution in [-0.4, -0.2) is 103 Å². The van der Waals surface area contributed by atoms with Gasteiger partial charge in [0.05, 0.1) is 69.1 Å². The zero-order chi connectivity index (χ0) is 25.1. The maximum Gasteiger partial charge on any atom is 0.315 e. The van der Waals surface area contributed by atoms with Crippen LogP contribution in [0, 0.1) is 11.8 Å². The minimum Gasteiger partial charge on any atom is -0.377 e. The molecule has 0 aliphatic carbocycles. The summed E-state index contributed by atoms with van der Waals surface area (Å²) in [6, 6.07) is 0.383. The Hall–Kier alpha value is -2.15. The van der Waals surface area contributed by atoms with E-state index in [4.69, 9.17) is 14.2 Å². The zero-order valence-electron chi connectivity index (χ0n) is 20.2. The van der Waals surface area contributed by atoms with E-state index < -0.39 is 0 Å². The number of amides is 5. The number of ether oxygens (including phenoxy) is 3. The van der Waals surface area contributed by atoms with Crippen molar-refractivity contribution < 1.29 is 33.4 Å². The SMILES string of the molecule is O=C(CCCC[C@@H]1SC[C@@H]2NC(=O)N[C@@H]21)NCCOCCOCCN1C(=O)C2C3C=CC(O3)C2C1=O. The van der Waals surface area contributed by atoms with Gasteiger partial charge in [-0.25, -0.2) is 4.79 Å². The standard InChI is InChI=1S/C24H34N4O7S/c29-18(4-2-1-3-17-21-14(13-36-17)26-24(32)27-21)25-7-9-33-11-12-34-10-8-28-22(30)19-15-5-6-16(35-15)20(19)23(28)31/h5-6,14-17,19-21H,1-4,7-13H2,(H,25,29)(H2,26,27,32)/t14-,15?,16?,17-,19?,20?,21-/m0/s1. The van der Waals surface area contributed by atoms with Crippen molar-refractivity contribution in [3.05, 3.63) is 12.2 Å². The highest BCUT2D eigenvalue weighted by Crippen LogP contribution is 2.44. The Bertz CT molecular complexity index is 872. The number of thioether (sulfide) groups is 1. The third-order valence-corrected chi connectivity index (χ3v) is 8.99. The molecule has 0 aromatic heterocycles. The van der Waals surface area contributed by atoms with Crippen LogP contribution in [0.2, 0.25) is 0 Å². The first-order valence-electron chi connectivity index (χ1n) is 12.8. The molecular formula is C24H34N4O7S. The second-order valence-corrected chi connectivity index (χ2v) is 11.0. The topological polar surface area (TPSA) is 135 Å². The van der Waals surface area contributed by atoms with Crippen LogP contribution in [0.15, 0.2) is 12.2 Å². The second kappa shape index (κ2) is 11.5. The van der Waals surface area contributed by atoms with E-state index in [0.717, 1.165) is 25.0 Å². The van der Waals surface area contributed by atoms with Gasteiger partial charge in [0.15, 0.2) is 0 Å². The van der Waals surface area contributed by atoms with Gasteiger partial charge >= 0.3 is 6.03 Å². The molecule has 0 radical (unpaired) electrons. The molecule has 36 heavy (non-hydrogen) atoms. The predicted octanol–water partition coefficient (Wildman–Crippen LogP) is -0.200. The summed E-state index contributed by atoms with van der Waals surface area (Å²) in [7, 11) is 0. The maximum atomic E-state index is 12.5. The van der Waals surface area contributed by atoms with Gasteiger partial charge < -0.3 is 30.2 Å². The Morgan fingerprint density at radius 1 is 1.03 bits per heavy atom. The number of fused-ring (bicyclic) bond motifs is 6. The minimum absolute atomic E-state index is 0.0152. The molecule has 198 valence electrons. The Morgan fingerprint density at radius 2 is 1.75 bits per heavy atom. The van der Waals surface area contributed by atoms with Crippen molar-refractivity contribution in [2.45, 2.75) is 55.2 Å². The number of carbonyl (C=O) groups is 4. The summed E-state index contributed by atoms with van der Waals surface area (Å²) >= 11 is 1.89. The number of carbonyl (C=O) groups excluding carboxylic acids is 4. The molecule has 7 atom stereocenters. The van der Waals surface area contributed by atoms with Gasteiger partial charge in [0.25, 0.3) is 0 Å². The monoisotopic (exact) mass is 522 g/mol. The smallest absolute Gasteiger partial charge is 0.315 e. The van der Waals surface area contributed by atoms with Crippen molar-refractivity contribution in [2.24, 2.45) is 11.8 Å². The van der Waals surface area contributed by atoms with Crippen molar-refractivity contribution in [1.82, 2.24) is 20.9 Å². The Balaban J connectivity index is 0.837. The fraction of sp³-hybridized carbons (Fsp3) is 0.750. The number of likely N-dealkylation sites (tertiary alicyclic amines) is 1. The van der Waals surface area contributed by atoms with Crippen molar-refractivity contribution in [1.29, 1.82) is 0 Å². The first-order chi connectivity index (χ1) is 17.5. The molecule has 12 heteroatoms. The number of nitrogens with zero attached hydrogens (tertiary/aromatic N) is 1. The molecule has 3 N–H and O–H groups in total. The van der Waals surface area contributed by atoms with Gasteiger partial charge in [-0.05, 0) is 12.8 Å². The first-order valence-corrected chi connectivity index (χ1v) is 13.9. The summed E-state index contributed by atoms with van der Waals surface area (Å²) in [5.41, 5.74) is 0. The summed E-state index contributed by atoms with van der Waals surface area (Å²) in [5, 5.41) is 9.21. The van der Waals surface area contributed by atoms with E-state index in [1.54, 1.807) is 0 Å². The molecule has 0 saturated carbocycles. The fourth-order valence-corrected chi connectivity index (χ4v) is 7.23. The van der Waals surface area contributed by atoms with Crippen molar-refractivity contribution >= 4 is 35.5 Å². The molecule has 4 fully saturated rings. The minimum atomic E-state index is -0.376. The van der Waals surface area contributed by atoms with Gasteiger partial charge in [-0.15, -0.1) is 0 Å². The van der Waals surface area contributed by atoms with E-state index in [9.17, 15) is 19.2 Å². The highest BCUT2D eigenvalue weighted by molar-refractivity contribution is 8.00. The summed E-state index contributed by atoms with van der Waals surface area (Å²) in [4.78, 5) is 49.8. The molecule has 5 rings (SSSR count). The molecule has 0 aromatic carbocycles. The van der Waals surface area contributed by atoms with E-state index >= 15 is 0 Å². The third-order valence-electron chi connectivity index (χ3n) is 7.48. The van der Waals surface area contributed by atoms with E-state index in [2.05, 4.69) is 16.0 Å². The van der Waals surface area contributed by atoms with Crippen LogP contribution in [0.25, 0.3) is 0 Å². The predicted molar refractivity (Wildman–Crippen MR) is 130 cm³/mol. The lowest BCUT2D eigenvalue weighted by molar-refractivity contribution is -0.143. The highest BCUT2D eigenvalue weighted by atomic mass is 32.2. The number of imide groups is 1. The van der Waals surface area contributed by atoms with Crippen LogP contribution in [-0.2, 0) is 28.6 Å². The summed E-state index contributed by atoms with van der Waals surface area (Å²) < 4.78 is 16.6. The number of urea groups is 1. The molecule has 5 heterocycles. The molecule has 2 bridgehead atoms. The molecular weight excluding hydrogens is 488 g/mol. The zero-order valence-corrected chi connectivity index (χ0v) is 21.0. The van der Waals surface area contributed by atoms with Crippen molar-refractivity contribution in [2.75, 3.05) is 45.3 Å². The van der Waals surface area contributed by atoms with Gasteiger partial charge in [-0.2, -0.15) is 11.8 Å². The molecule has 5 aliphatic heterocycles. The van der Waals surface area contributed by atoms with E-state index in [0.29, 0.717) is 38.0 Å². The van der Waals surface area contributed by atoms with Crippen molar-refractivity contribution in [3.63, 3.8) is 0 Å². The average Bonchev–Trinajstić information content (AvgIpc) is 3.66. The van der Waals surface area contributed by atoms with E-state index in [1.807, 2.05) is 23.9 Å². The molecule has 4 unspecified atom stereocenters. The van der Waals surface area contributed by atoms with Crippen LogP contribution in [0.5, 0.6) is 0 Å². The van der Waals surface area contributed by atoms with Gasteiger partial charge in [-0.1, -0.05) is 18.6 Å². The Morgan fingerprint density at radius 3 is 2.50 bits per heavy atom. The number of nitrogens with one attached hydrogen (secondary N) is 3. The van der Waals surface area contributed by atoms with Gasteiger partial charge in [0, 0.05) is 24.0 Å². The number of hydrogen-bond donors (Lipinski definition) is 3. The lowest BCUT2D eigenvalue weighted by Gasteiger charge is -2.17. The summed E-state index contributed by atoms with van der Waals surface area (Å²) in [6.45, 7) is 2.07. The Kier molecular flexibility index (Phi) is 8.14. The lowest BCUT2D eigenvalue weighted by atomic mass is 9.85. The molecule has 5 aliphatic rings. The molecule has 11 nitrogen and oxygen atoms in total. The maximum absolute atomic E-state index is 12.5. The quantitative estimate of drug-likeness (QED) is 0.124. The second-order valence-electron chi connectivity index (χ2n) is 9.77. The number of rotatable bonds is 14. The normalized spacial score (nSPS) is 33.7. The van der Waals surface area contributed by atoms with Crippen LogP contribution >= 0.6 is 11.8 Å². The number of unbranched alkanes of at least 4 members (excludes halogenated alkanes) is 1. The average molecular weight is 523 g/mol. The fourth-order valence-electron chi connectivity index (χ4n) is 5.69. The first kappa shape index (κ1) is 25.5. The van der Waals surface area contributed by atoms with Crippen LogP contribution in [0.1, 0.15) is 25.7 Å². The van der Waals surface area contributed by atoms with Crippen LogP contribution in [0.4, 0.5) is 4.79 Å². The summed E-state index contributed by atoms with van der Waals surface area (Å²) in [5.74, 6) is -0.113. The van der Waals surface area contributed by atoms with E-state index in [-0.39, 0.29) is 73.0 Å². The number of hydrogen-bond acceptors (Lipinski definition) is 8. The Labute approximate surface area is 214 Å². The van der Waals surface area contributed by atoms with Gasteiger partial charge in [-0.3, -0.25) is 19.3 Å².